The Balaban J connectivity index is 1.47. The number of hydrogen-bond acceptors (Lipinski definition) is 5. The van der Waals surface area contributed by atoms with E-state index in [4.69, 9.17) is 9.15 Å². The van der Waals surface area contributed by atoms with Crippen molar-refractivity contribution in [1.29, 1.82) is 0 Å². The number of hydrogen-bond donors (Lipinski definition) is 1. The Bertz CT molecular complexity index is 1370. The molecule has 1 N–H and O–H groups in total. The van der Waals surface area contributed by atoms with Crippen molar-refractivity contribution in [2.45, 2.75) is 6.92 Å². The molecule has 2 aromatic carbocycles. The molecule has 0 aliphatic carbocycles. The minimum Gasteiger partial charge on any atom is -0.493 e. The third kappa shape index (κ3) is 3.06. The van der Waals surface area contributed by atoms with Gasteiger partial charge in [-0.1, -0.05) is 24.3 Å². The number of carbonyl (C=O) groups excluding carboxylic acids is 1. The number of benzene rings is 2. The molecule has 0 fully saturated rings. The van der Waals surface area contributed by atoms with Gasteiger partial charge in [-0.2, -0.15) is 0 Å². The number of fused-ring (bicyclic) bond motifs is 2. The molecule has 30 heavy (non-hydrogen) atoms. The maximum absolute atomic E-state index is 12.8. The number of imidazole rings is 1. The molecule has 0 aliphatic heterocycles. The van der Waals surface area contributed by atoms with Crippen molar-refractivity contribution >= 4 is 28.3 Å². The highest BCUT2D eigenvalue weighted by molar-refractivity contribution is 6.05. The van der Waals surface area contributed by atoms with Crippen molar-refractivity contribution in [2.24, 2.45) is 0 Å². The standard InChI is InChI=1S/C23H18N4O3/c1-14-7-8-15(18-13-27-10-4-9-24-23(27)26-18)11-17(14)25-22(28)20-12-16-5-3-6-19(29-2)21(16)30-20/h3-13H,1-2H3,(H,25,28). The minimum absolute atomic E-state index is 0.219. The van der Waals surface area contributed by atoms with Crippen LogP contribution in [0.25, 0.3) is 28.0 Å². The van der Waals surface area contributed by atoms with Crippen molar-refractivity contribution in [1.82, 2.24) is 14.4 Å². The Kier molecular flexibility index (Phi) is 4.21. The van der Waals surface area contributed by atoms with E-state index in [0.717, 1.165) is 22.2 Å². The number of nitrogens with zero attached hydrogens (tertiary/aromatic N) is 3. The molecule has 7 heteroatoms. The lowest BCUT2D eigenvalue weighted by Gasteiger charge is -2.09. The number of methoxy groups -OCH3 is 1. The summed E-state index contributed by atoms with van der Waals surface area (Å²) in [4.78, 5) is 21.6. The van der Waals surface area contributed by atoms with E-state index in [0.29, 0.717) is 22.8 Å². The van der Waals surface area contributed by atoms with Gasteiger partial charge in [-0.3, -0.25) is 9.20 Å². The van der Waals surface area contributed by atoms with Crippen LogP contribution in [0.2, 0.25) is 0 Å². The number of ether oxygens (including phenoxy) is 1. The summed E-state index contributed by atoms with van der Waals surface area (Å²) in [7, 11) is 1.57. The van der Waals surface area contributed by atoms with E-state index in [9.17, 15) is 4.79 Å². The van der Waals surface area contributed by atoms with Crippen LogP contribution >= 0.6 is 0 Å². The van der Waals surface area contributed by atoms with Crippen molar-refractivity contribution < 1.29 is 13.9 Å². The molecule has 0 spiro atoms. The average molecular weight is 398 g/mol. The molecular weight excluding hydrogens is 380 g/mol. The number of anilines is 1. The van der Waals surface area contributed by atoms with Gasteiger partial charge in [0.05, 0.1) is 12.8 Å². The first kappa shape index (κ1) is 17.9. The molecule has 5 aromatic rings. The molecule has 0 unspecified atom stereocenters. The number of amides is 1. The first-order chi connectivity index (χ1) is 14.6. The van der Waals surface area contributed by atoms with Crippen molar-refractivity contribution in [3.63, 3.8) is 0 Å². The molecule has 5 rings (SSSR count). The van der Waals surface area contributed by atoms with Gasteiger partial charge >= 0.3 is 0 Å². The molecule has 0 aliphatic rings. The van der Waals surface area contributed by atoms with E-state index in [-0.39, 0.29) is 11.7 Å². The monoisotopic (exact) mass is 398 g/mol. The van der Waals surface area contributed by atoms with Gasteiger partial charge in [0.2, 0.25) is 5.78 Å². The number of aromatic nitrogens is 3. The SMILES string of the molecule is COc1cccc2cc(C(=O)Nc3cc(-c4cn5cccnc5n4)ccc3C)oc12. The van der Waals surface area contributed by atoms with E-state index >= 15 is 0 Å². The number of furan rings is 1. The molecule has 7 nitrogen and oxygen atoms in total. The molecule has 0 bridgehead atoms. The predicted molar refractivity (Wildman–Crippen MR) is 114 cm³/mol. The number of aryl methyl sites for hydroxylation is 1. The van der Waals surface area contributed by atoms with E-state index in [2.05, 4.69) is 15.3 Å². The van der Waals surface area contributed by atoms with Crippen LogP contribution in [0, 0.1) is 6.92 Å². The Labute approximate surface area is 171 Å². The zero-order valence-corrected chi connectivity index (χ0v) is 16.4. The fourth-order valence-corrected chi connectivity index (χ4v) is 3.38. The van der Waals surface area contributed by atoms with Gasteiger partial charge in [0.1, 0.15) is 0 Å². The highest BCUT2D eigenvalue weighted by Crippen LogP contribution is 2.30. The van der Waals surface area contributed by atoms with Crippen molar-refractivity contribution in [2.75, 3.05) is 12.4 Å². The van der Waals surface area contributed by atoms with Crippen LogP contribution in [0.5, 0.6) is 5.75 Å². The van der Waals surface area contributed by atoms with Gasteiger partial charge in [0.25, 0.3) is 5.91 Å². The summed E-state index contributed by atoms with van der Waals surface area (Å²) in [6, 6.07) is 14.9. The normalized spacial score (nSPS) is 11.1. The molecule has 1 amide bonds. The van der Waals surface area contributed by atoms with Crippen LogP contribution in [0.15, 0.2) is 71.5 Å². The highest BCUT2D eigenvalue weighted by Gasteiger charge is 2.16. The topological polar surface area (TPSA) is 81.7 Å². The Morgan fingerprint density at radius 2 is 2.07 bits per heavy atom. The van der Waals surface area contributed by atoms with Gasteiger partial charge in [-0.25, -0.2) is 9.97 Å². The number of carbonyl (C=O) groups is 1. The van der Waals surface area contributed by atoms with Gasteiger partial charge in [-0.15, -0.1) is 0 Å². The van der Waals surface area contributed by atoms with Gasteiger partial charge in [0.15, 0.2) is 17.1 Å². The fraction of sp³-hybridized carbons (Fsp3) is 0.0870. The zero-order valence-electron chi connectivity index (χ0n) is 16.4. The molecular formula is C23H18N4O3. The largest absolute Gasteiger partial charge is 0.493 e. The molecule has 148 valence electrons. The van der Waals surface area contributed by atoms with Gasteiger partial charge < -0.3 is 14.5 Å². The van der Waals surface area contributed by atoms with Gasteiger partial charge in [-0.05, 0) is 36.8 Å². The maximum Gasteiger partial charge on any atom is 0.291 e. The Hall–Kier alpha value is -4.13. The summed E-state index contributed by atoms with van der Waals surface area (Å²) in [6.45, 7) is 1.94. The second kappa shape index (κ2) is 7.04. The Morgan fingerprint density at radius 1 is 1.17 bits per heavy atom. The highest BCUT2D eigenvalue weighted by atomic mass is 16.5. The lowest BCUT2D eigenvalue weighted by molar-refractivity contribution is 0.0998. The smallest absolute Gasteiger partial charge is 0.291 e. The summed E-state index contributed by atoms with van der Waals surface area (Å²) in [5.74, 6) is 1.10. The lowest BCUT2D eigenvalue weighted by Crippen LogP contribution is -2.11. The molecule has 0 atom stereocenters. The van der Waals surface area contributed by atoms with Crippen molar-refractivity contribution in [3.05, 3.63) is 78.4 Å². The maximum atomic E-state index is 12.8. The molecule has 0 saturated heterocycles. The summed E-state index contributed by atoms with van der Waals surface area (Å²) in [5, 5.41) is 3.75. The number of nitrogens with one attached hydrogen (secondary N) is 1. The molecule has 0 radical (unpaired) electrons. The second-order valence-electron chi connectivity index (χ2n) is 6.93. The quantitative estimate of drug-likeness (QED) is 0.474. The zero-order chi connectivity index (χ0) is 20.7. The van der Waals surface area contributed by atoms with Crippen LogP contribution in [0.4, 0.5) is 5.69 Å². The molecule has 3 heterocycles. The van der Waals surface area contributed by atoms with E-state index in [1.165, 1.54) is 0 Å². The first-order valence-electron chi connectivity index (χ1n) is 9.41. The second-order valence-corrected chi connectivity index (χ2v) is 6.93. The molecule has 0 saturated carbocycles. The summed E-state index contributed by atoms with van der Waals surface area (Å²) >= 11 is 0. The predicted octanol–water partition coefficient (Wildman–Crippen LogP) is 4.71. The van der Waals surface area contributed by atoms with Crippen LogP contribution < -0.4 is 10.1 Å². The number of para-hydroxylation sites is 1. The van der Waals surface area contributed by atoms with E-state index in [1.54, 1.807) is 25.4 Å². The fourth-order valence-electron chi connectivity index (χ4n) is 3.38. The first-order valence-corrected chi connectivity index (χ1v) is 9.41. The Morgan fingerprint density at radius 3 is 2.90 bits per heavy atom. The summed E-state index contributed by atoms with van der Waals surface area (Å²) in [6.07, 6.45) is 5.50. The number of rotatable bonds is 4. The average Bonchev–Trinajstić information content (AvgIpc) is 3.39. The van der Waals surface area contributed by atoms with Crippen LogP contribution in [0.1, 0.15) is 16.1 Å². The summed E-state index contributed by atoms with van der Waals surface area (Å²) < 4.78 is 12.9. The molecule has 3 aromatic heterocycles. The van der Waals surface area contributed by atoms with Crippen molar-refractivity contribution in [3.8, 4) is 17.0 Å². The van der Waals surface area contributed by atoms with Crippen LogP contribution in [-0.2, 0) is 0 Å². The van der Waals surface area contributed by atoms with E-state index in [1.807, 2.05) is 60.1 Å². The third-order valence-corrected chi connectivity index (χ3v) is 4.97. The summed E-state index contributed by atoms with van der Waals surface area (Å²) in [5.41, 5.74) is 3.83. The van der Waals surface area contributed by atoms with Crippen LogP contribution in [0.3, 0.4) is 0 Å². The van der Waals surface area contributed by atoms with Crippen LogP contribution in [-0.4, -0.2) is 27.4 Å². The lowest BCUT2D eigenvalue weighted by atomic mass is 10.1. The third-order valence-electron chi connectivity index (χ3n) is 4.97. The minimum atomic E-state index is -0.329. The van der Waals surface area contributed by atoms with E-state index < -0.39 is 0 Å². The van der Waals surface area contributed by atoms with Gasteiger partial charge in [0, 0.05) is 35.2 Å².